The van der Waals surface area contributed by atoms with Gasteiger partial charge in [-0.1, -0.05) is 55.5 Å². The maximum atomic E-state index is 10.6. The predicted molar refractivity (Wildman–Crippen MR) is 80.2 cm³/mol. The molecule has 1 aliphatic rings. The van der Waals surface area contributed by atoms with Crippen LogP contribution in [0.25, 0.3) is 0 Å². The highest BCUT2D eigenvalue weighted by Crippen LogP contribution is 2.27. The summed E-state index contributed by atoms with van der Waals surface area (Å²) >= 11 is 0. The van der Waals surface area contributed by atoms with Gasteiger partial charge in [-0.15, -0.1) is 0 Å². The fraction of sp³-hybridized carbons (Fsp3) is 0.647. The quantitative estimate of drug-likeness (QED) is 0.809. The van der Waals surface area contributed by atoms with Crippen molar-refractivity contribution in [2.75, 3.05) is 6.54 Å². The van der Waals surface area contributed by atoms with Gasteiger partial charge in [0.1, 0.15) is 0 Å². The number of aryl methyl sites for hydroxylation is 1. The third-order valence-electron chi connectivity index (χ3n) is 4.31. The largest absolute Gasteiger partial charge is 0.389 e. The fourth-order valence-electron chi connectivity index (χ4n) is 2.96. The molecule has 106 valence electrons. The fourth-order valence-corrected chi connectivity index (χ4v) is 2.96. The van der Waals surface area contributed by atoms with Gasteiger partial charge in [-0.25, -0.2) is 0 Å². The van der Waals surface area contributed by atoms with E-state index < -0.39 is 5.60 Å². The molecular weight excluding hydrogens is 234 g/mol. The zero-order chi connectivity index (χ0) is 13.7. The van der Waals surface area contributed by atoms with Crippen molar-refractivity contribution in [3.8, 4) is 0 Å². The first-order valence-electron chi connectivity index (χ1n) is 7.61. The smallest absolute Gasteiger partial charge is 0.0771 e. The first kappa shape index (κ1) is 14.5. The van der Waals surface area contributed by atoms with Crippen molar-refractivity contribution in [2.24, 2.45) is 0 Å². The Morgan fingerprint density at radius 1 is 1.21 bits per heavy atom. The standard InChI is InChI=1S/C17H27NO/c1-14-8-7-9-16(12-14)15(2)18-13-17(19)10-5-3-4-6-11-17/h7-9,12,15,18-19H,3-6,10-11,13H2,1-2H3/t15-/m1/s1. The number of rotatable bonds is 4. The van der Waals surface area contributed by atoms with E-state index in [-0.39, 0.29) is 0 Å². The lowest BCUT2D eigenvalue weighted by atomic mass is 9.94. The predicted octanol–water partition coefficient (Wildman–Crippen LogP) is 3.73. The zero-order valence-corrected chi connectivity index (χ0v) is 12.3. The summed E-state index contributed by atoms with van der Waals surface area (Å²) in [6.45, 7) is 5.01. The maximum absolute atomic E-state index is 10.6. The second kappa shape index (κ2) is 6.53. The molecule has 2 nitrogen and oxygen atoms in total. The van der Waals surface area contributed by atoms with Gasteiger partial charge < -0.3 is 10.4 Å². The number of benzene rings is 1. The molecule has 2 N–H and O–H groups in total. The van der Waals surface area contributed by atoms with Crippen LogP contribution in [0.3, 0.4) is 0 Å². The molecule has 0 saturated heterocycles. The minimum absolute atomic E-state index is 0.298. The molecule has 0 amide bonds. The van der Waals surface area contributed by atoms with Gasteiger partial charge >= 0.3 is 0 Å². The second-order valence-electron chi connectivity index (χ2n) is 6.16. The van der Waals surface area contributed by atoms with E-state index in [0.717, 1.165) is 25.7 Å². The highest BCUT2D eigenvalue weighted by atomic mass is 16.3. The van der Waals surface area contributed by atoms with Crippen molar-refractivity contribution in [3.05, 3.63) is 35.4 Å². The van der Waals surface area contributed by atoms with Crippen molar-refractivity contribution in [1.29, 1.82) is 0 Å². The van der Waals surface area contributed by atoms with Crippen LogP contribution in [0.15, 0.2) is 24.3 Å². The Bertz CT molecular complexity index is 394. The van der Waals surface area contributed by atoms with Gasteiger partial charge in [0.25, 0.3) is 0 Å². The summed E-state index contributed by atoms with van der Waals surface area (Å²) in [5.41, 5.74) is 2.10. The van der Waals surface area contributed by atoms with Crippen molar-refractivity contribution in [1.82, 2.24) is 5.32 Å². The van der Waals surface area contributed by atoms with Crippen LogP contribution < -0.4 is 5.32 Å². The molecule has 0 unspecified atom stereocenters. The normalized spacial score (nSPS) is 20.8. The molecule has 0 aliphatic heterocycles. The molecule has 1 fully saturated rings. The Hall–Kier alpha value is -0.860. The minimum Gasteiger partial charge on any atom is -0.389 e. The lowest BCUT2D eigenvalue weighted by Crippen LogP contribution is -2.41. The van der Waals surface area contributed by atoms with Crippen LogP contribution in [0.2, 0.25) is 0 Å². The van der Waals surface area contributed by atoms with Crippen LogP contribution in [-0.2, 0) is 0 Å². The Labute approximate surface area is 117 Å². The minimum atomic E-state index is -0.491. The Morgan fingerprint density at radius 3 is 2.53 bits per heavy atom. The summed E-state index contributed by atoms with van der Waals surface area (Å²) in [7, 11) is 0. The van der Waals surface area contributed by atoms with E-state index in [4.69, 9.17) is 0 Å². The first-order chi connectivity index (χ1) is 9.09. The van der Waals surface area contributed by atoms with Gasteiger partial charge in [-0.2, -0.15) is 0 Å². The van der Waals surface area contributed by atoms with Gasteiger partial charge in [0.15, 0.2) is 0 Å². The highest BCUT2D eigenvalue weighted by molar-refractivity contribution is 5.24. The molecule has 0 aromatic heterocycles. The number of hydrogen-bond donors (Lipinski definition) is 2. The number of hydrogen-bond acceptors (Lipinski definition) is 2. The van der Waals surface area contributed by atoms with Crippen molar-refractivity contribution in [3.63, 3.8) is 0 Å². The summed E-state index contributed by atoms with van der Waals surface area (Å²) in [5.74, 6) is 0. The van der Waals surface area contributed by atoms with Crippen LogP contribution in [0.1, 0.15) is 62.6 Å². The number of nitrogens with one attached hydrogen (secondary N) is 1. The number of aliphatic hydroxyl groups is 1. The second-order valence-corrected chi connectivity index (χ2v) is 6.16. The summed E-state index contributed by atoms with van der Waals surface area (Å²) in [6, 6.07) is 8.89. The molecule has 19 heavy (non-hydrogen) atoms. The lowest BCUT2D eigenvalue weighted by Gasteiger charge is -2.29. The topological polar surface area (TPSA) is 32.3 Å². The molecule has 1 atom stereocenters. The van der Waals surface area contributed by atoms with E-state index in [1.165, 1.54) is 24.0 Å². The first-order valence-corrected chi connectivity index (χ1v) is 7.61. The molecule has 1 aromatic rings. The van der Waals surface area contributed by atoms with E-state index in [0.29, 0.717) is 12.6 Å². The molecule has 1 aromatic carbocycles. The van der Waals surface area contributed by atoms with E-state index in [1.807, 2.05) is 0 Å². The molecule has 0 heterocycles. The van der Waals surface area contributed by atoms with E-state index in [2.05, 4.69) is 43.4 Å². The zero-order valence-electron chi connectivity index (χ0n) is 12.3. The van der Waals surface area contributed by atoms with Crippen LogP contribution in [0, 0.1) is 6.92 Å². The van der Waals surface area contributed by atoms with Gasteiger partial charge in [-0.3, -0.25) is 0 Å². The van der Waals surface area contributed by atoms with Crippen molar-refractivity contribution < 1.29 is 5.11 Å². The van der Waals surface area contributed by atoms with E-state index >= 15 is 0 Å². The van der Waals surface area contributed by atoms with Gasteiger partial charge in [-0.05, 0) is 32.3 Å². The molecule has 0 bridgehead atoms. The molecule has 0 spiro atoms. The van der Waals surface area contributed by atoms with Crippen LogP contribution >= 0.6 is 0 Å². The van der Waals surface area contributed by atoms with Gasteiger partial charge in [0.05, 0.1) is 5.60 Å². The van der Waals surface area contributed by atoms with E-state index in [1.54, 1.807) is 0 Å². The van der Waals surface area contributed by atoms with Crippen LogP contribution in [0.5, 0.6) is 0 Å². The Kier molecular flexibility index (Phi) is 5.00. The molecule has 2 rings (SSSR count). The van der Waals surface area contributed by atoms with Gasteiger partial charge in [0.2, 0.25) is 0 Å². The molecule has 1 aliphatic carbocycles. The average molecular weight is 261 g/mol. The molecule has 1 saturated carbocycles. The highest BCUT2D eigenvalue weighted by Gasteiger charge is 2.28. The molecule has 0 radical (unpaired) electrons. The third kappa shape index (κ3) is 4.32. The van der Waals surface area contributed by atoms with E-state index in [9.17, 15) is 5.11 Å². The monoisotopic (exact) mass is 261 g/mol. The summed E-state index contributed by atoms with van der Waals surface area (Å²) < 4.78 is 0. The van der Waals surface area contributed by atoms with Crippen molar-refractivity contribution in [2.45, 2.75) is 64.0 Å². The summed E-state index contributed by atoms with van der Waals surface area (Å²) in [5, 5.41) is 14.2. The van der Waals surface area contributed by atoms with Crippen molar-refractivity contribution >= 4 is 0 Å². The average Bonchev–Trinajstić information content (AvgIpc) is 2.61. The van der Waals surface area contributed by atoms with Crippen LogP contribution in [-0.4, -0.2) is 17.3 Å². The summed E-state index contributed by atoms with van der Waals surface area (Å²) in [6.07, 6.45) is 6.76. The Balaban J connectivity index is 1.90. The van der Waals surface area contributed by atoms with Gasteiger partial charge in [0, 0.05) is 12.6 Å². The molecule has 2 heteroatoms. The maximum Gasteiger partial charge on any atom is 0.0771 e. The Morgan fingerprint density at radius 2 is 1.89 bits per heavy atom. The SMILES string of the molecule is Cc1cccc([C@@H](C)NCC2(O)CCCCCC2)c1. The third-order valence-corrected chi connectivity index (χ3v) is 4.31. The lowest BCUT2D eigenvalue weighted by molar-refractivity contribution is 0.0231. The van der Waals surface area contributed by atoms with Crippen LogP contribution in [0.4, 0.5) is 0 Å². The molecular formula is C17H27NO. The summed E-state index contributed by atoms with van der Waals surface area (Å²) in [4.78, 5) is 0.